The van der Waals surface area contributed by atoms with E-state index in [1.807, 2.05) is 30.3 Å². The smallest absolute Gasteiger partial charge is 0.357 e. The van der Waals surface area contributed by atoms with Crippen LogP contribution in [0.15, 0.2) is 59.5 Å². The van der Waals surface area contributed by atoms with E-state index in [0.29, 0.717) is 11.6 Å². The number of fused-ring (bicyclic) bond motifs is 1. The topological polar surface area (TPSA) is 89.5 Å². The van der Waals surface area contributed by atoms with E-state index < -0.39 is 16.2 Å². The van der Waals surface area contributed by atoms with Crippen LogP contribution in [0.2, 0.25) is 0 Å². The zero-order valence-electron chi connectivity index (χ0n) is 13.3. The third kappa shape index (κ3) is 2.84. The first-order valence-electron chi connectivity index (χ1n) is 8.12. The van der Waals surface area contributed by atoms with E-state index in [9.17, 15) is 14.9 Å². The van der Waals surface area contributed by atoms with E-state index in [1.54, 1.807) is 18.2 Å². The summed E-state index contributed by atoms with van der Waals surface area (Å²) in [6.07, 6.45) is 3.58. The molecule has 0 radical (unpaired) electrons. The first-order valence-corrected chi connectivity index (χ1v) is 8.12. The minimum absolute atomic E-state index is 0.0296. The fourth-order valence-corrected chi connectivity index (χ4v) is 3.06. The van der Waals surface area contributed by atoms with Gasteiger partial charge in [0.15, 0.2) is 0 Å². The average molecular weight is 336 g/mol. The second kappa shape index (κ2) is 6.01. The maximum atomic E-state index is 12.5. The van der Waals surface area contributed by atoms with Crippen LogP contribution in [0.25, 0.3) is 5.65 Å². The maximum absolute atomic E-state index is 12.5. The van der Waals surface area contributed by atoms with Crippen molar-refractivity contribution in [3.05, 3.63) is 80.8 Å². The highest BCUT2D eigenvalue weighted by molar-refractivity contribution is 5.60. The molecular formula is C18H16N4O3. The van der Waals surface area contributed by atoms with E-state index >= 15 is 0 Å². The van der Waals surface area contributed by atoms with Gasteiger partial charge in [0, 0.05) is 6.20 Å². The molecule has 1 fully saturated rings. The molecule has 2 heterocycles. The summed E-state index contributed by atoms with van der Waals surface area (Å²) in [7, 11) is 0. The molecule has 0 aliphatic heterocycles. The van der Waals surface area contributed by atoms with Crippen LogP contribution < -0.4 is 10.9 Å². The molecule has 0 spiro atoms. The van der Waals surface area contributed by atoms with Crippen LogP contribution in [0.1, 0.15) is 24.4 Å². The highest BCUT2D eigenvalue weighted by Crippen LogP contribution is 2.43. The van der Waals surface area contributed by atoms with Crippen molar-refractivity contribution in [2.24, 2.45) is 5.92 Å². The Hall–Kier alpha value is -3.22. The molecule has 126 valence electrons. The molecule has 0 bridgehead atoms. The van der Waals surface area contributed by atoms with Crippen LogP contribution in [-0.4, -0.2) is 14.3 Å². The standard InChI is InChI=1S/C18H16N4O3/c23-18-16(22(24)25)17(19-14-8-4-5-11-21(14)18)20-15(13-9-10-13)12-6-2-1-3-7-12/h1-8,11,13,15,20H,9-10H2/t15-/m1/s1. The van der Waals surface area contributed by atoms with Gasteiger partial charge >= 0.3 is 11.2 Å². The number of anilines is 1. The van der Waals surface area contributed by atoms with Gasteiger partial charge in [-0.15, -0.1) is 0 Å². The number of nitro groups is 1. The molecule has 1 saturated carbocycles. The zero-order valence-corrected chi connectivity index (χ0v) is 13.3. The lowest BCUT2D eigenvalue weighted by atomic mass is 10.0. The molecule has 7 heteroatoms. The summed E-state index contributed by atoms with van der Waals surface area (Å²) < 4.78 is 1.19. The van der Waals surface area contributed by atoms with E-state index in [0.717, 1.165) is 18.4 Å². The van der Waals surface area contributed by atoms with Crippen molar-refractivity contribution in [2.75, 3.05) is 5.32 Å². The van der Waals surface area contributed by atoms with Crippen molar-refractivity contribution in [2.45, 2.75) is 18.9 Å². The summed E-state index contributed by atoms with van der Waals surface area (Å²) in [5, 5.41) is 14.7. The lowest BCUT2D eigenvalue weighted by Gasteiger charge is -2.19. The molecule has 0 amide bonds. The predicted octanol–water partition coefficient (Wildman–Crippen LogP) is 3.17. The third-order valence-corrected chi connectivity index (χ3v) is 4.44. The normalized spacial score (nSPS) is 15.0. The lowest BCUT2D eigenvalue weighted by molar-refractivity contribution is -0.385. The Morgan fingerprint density at radius 1 is 1.16 bits per heavy atom. The number of nitrogens with one attached hydrogen (secondary N) is 1. The van der Waals surface area contributed by atoms with Gasteiger partial charge in [-0.3, -0.25) is 19.3 Å². The molecule has 1 atom stereocenters. The Labute approximate surface area is 143 Å². The zero-order chi connectivity index (χ0) is 17.4. The molecule has 25 heavy (non-hydrogen) atoms. The average Bonchev–Trinajstić information content (AvgIpc) is 3.45. The quantitative estimate of drug-likeness (QED) is 0.571. The van der Waals surface area contributed by atoms with Crippen LogP contribution in [0.4, 0.5) is 11.5 Å². The summed E-state index contributed by atoms with van der Waals surface area (Å²) in [6.45, 7) is 0. The molecule has 1 aliphatic carbocycles. The Kier molecular flexibility index (Phi) is 3.68. The number of aromatic nitrogens is 2. The van der Waals surface area contributed by atoms with Gasteiger partial charge in [-0.05, 0) is 36.5 Å². The lowest BCUT2D eigenvalue weighted by Crippen LogP contribution is -2.23. The first-order chi connectivity index (χ1) is 12.1. The summed E-state index contributed by atoms with van der Waals surface area (Å²) in [5.41, 5.74) is 0.212. The largest absolute Gasteiger partial charge is 0.376 e. The summed E-state index contributed by atoms with van der Waals surface area (Å²) in [5.74, 6) is 0.417. The molecule has 1 aliphatic rings. The molecule has 3 aromatic rings. The maximum Gasteiger partial charge on any atom is 0.376 e. The van der Waals surface area contributed by atoms with E-state index in [-0.39, 0.29) is 11.9 Å². The second-order valence-electron chi connectivity index (χ2n) is 6.17. The number of nitrogens with zero attached hydrogens (tertiary/aromatic N) is 3. The van der Waals surface area contributed by atoms with Gasteiger partial charge in [0.1, 0.15) is 5.65 Å². The fraction of sp³-hybridized carbons (Fsp3) is 0.222. The number of rotatable bonds is 5. The molecule has 0 unspecified atom stereocenters. The number of pyridine rings is 1. The Bertz CT molecular complexity index is 996. The van der Waals surface area contributed by atoms with Crippen molar-refractivity contribution in [3.63, 3.8) is 0 Å². The van der Waals surface area contributed by atoms with Crippen LogP contribution >= 0.6 is 0 Å². The molecule has 4 rings (SSSR count). The van der Waals surface area contributed by atoms with Crippen molar-refractivity contribution in [1.82, 2.24) is 9.38 Å². The third-order valence-electron chi connectivity index (χ3n) is 4.44. The second-order valence-corrected chi connectivity index (χ2v) is 6.17. The molecular weight excluding hydrogens is 320 g/mol. The van der Waals surface area contributed by atoms with E-state index in [2.05, 4.69) is 10.3 Å². The van der Waals surface area contributed by atoms with Gasteiger partial charge in [0.2, 0.25) is 5.82 Å². The van der Waals surface area contributed by atoms with E-state index in [4.69, 9.17) is 0 Å². The minimum Gasteiger partial charge on any atom is -0.357 e. The monoisotopic (exact) mass is 336 g/mol. The van der Waals surface area contributed by atoms with Gasteiger partial charge < -0.3 is 5.32 Å². The number of hydrogen-bond acceptors (Lipinski definition) is 5. The van der Waals surface area contributed by atoms with Crippen molar-refractivity contribution in [1.29, 1.82) is 0 Å². The van der Waals surface area contributed by atoms with Crippen LogP contribution in [0, 0.1) is 16.0 Å². The van der Waals surface area contributed by atoms with Crippen molar-refractivity contribution < 1.29 is 4.92 Å². The van der Waals surface area contributed by atoms with Crippen LogP contribution in [-0.2, 0) is 0 Å². The molecule has 7 nitrogen and oxygen atoms in total. The van der Waals surface area contributed by atoms with Gasteiger partial charge in [-0.25, -0.2) is 4.98 Å². The summed E-state index contributed by atoms with van der Waals surface area (Å²) >= 11 is 0. The number of benzene rings is 1. The van der Waals surface area contributed by atoms with Gasteiger partial charge in [-0.2, -0.15) is 0 Å². The highest BCUT2D eigenvalue weighted by Gasteiger charge is 2.35. The van der Waals surface area contributed by atoms with E-state index in [1.165, 1.54) is 10.6 Å². The summed E-state index contributed by atoms with van der Waals surface area (Å²) in [4.78, 5) is 27.7. The first kappa shape index (κ1) is 15.3. The molecule has 1 N–H and O–H groups in total. The van der Waals surface area contributed by atoms with Gasteiger partial charge in [0.05, 0.1) is 11.0 Å². The number of hydrogen-bond donors (Lipinski definition) is 1. The SMILES string of the molecule is O=c1c([N+](=O)[O-])c(N[C@H](c2ccccc2)C2CC2)nc2ccccn12. The van der Waals surface area contributed by atoms with Crippen molar-refractivity contribution >= 4 is 17.2 Å². The summed E-state index contributed by atoms with van der Waals surface area (Å²) in [6, 6.07) is 14.7. The molecule has 2 aromatic heterocycles. The van der Waals surface area contributed by atoms with Crippen LogP contribution in [0.3, 0.4) is 0 Å². The van der Waals surface area contributed by atoms with Crippen molar-refractivity contribution in [3.8, 4) is 0 Å². The van der Waals surface area contributed by atoms with Gasteiger partial charge in [0.25, 0.3) is 0 Å². The highest BCUT2D eigenvalue weighted by atomic mass is 16.6. The molecule has 1 aromatic carbocycles. The Morgan fingerprint density at radius 2 is 1.88 bits per heavy atom. The van der Waals surface area contributed by atoms with Crippen LogP contribution in [0.5, 0.6) is 0 Å². The fourth-order valence-electron chi connectivity index (χ4n) is 3.06. The molecule has 0 saturated heterocycles. The van der Waals surface area contributed by atoms with Gasteiger partial charge in [-0.1, -0.05) is 36.4 Å². The predicted molar refractivity (Wildman–Crippen MR) is 93.6 cm³/mol. The minimum atomic E-state index is -0.680. The Morgan fingerprint density at radius 3 is 2.56 bits per heavy atom. The Balaban J connectivity index is 1.84.